The predicted octanol–water partition coefficient (Wildman–Crippen LogP) is 15.2. The van der Waals surface area contributed by atoms with Crippen molar-refractivity contribution >= 4 is 0 Å². The molecule has 23 unspecified atom stereocenters. The highest BCUT2D eigenvalue weighted by atomic mass is 14.5. The van der Waals surface area contributed by atoms with Crippen LogP contribution in [0.5, 0.6) is 0 Å². The molecule has 2 aliphatic rings. The second-order valence-electron chi connectivity index (χ2n) is 20.7. The number of rotatable bonds is 0. The van der Waals surface area contributed by atoms with E-state index < -0.39 is 0 Å². The molecule has 2 rings (SSSR count). The minimum atomic E-state index is 0.743. The molecule has 0 nitrogen and oxygen atoms in total. The van der Waals surface area contributed by atoms with Crippen LogP contribution in [0.4, 0.5) is 0 Å². The molecule has 0 heteroatoms. The maximum Gasteiger partial charge on any atom is -0.0357 e. The quantitative estimate of drug-likeness (QED) is 0.241. The zero-order chi connectivity index (χ0) is 37.1. The van der Waals surface area contributed by atoms with E-state index in [1.807, 2.05) is 0 Å². The summed E-state index contributed by atoms with van der Waals surface area (Å²) in [7, 11) is 0. The van der Waals surface area contributed by atoms with Crippen LogP contribution in [-0.4, -0.2) is 0 Å². The standard InChI is InChI=1S/C48H94/c1-26-22-23-47-24-25-48(47)46(21)45(20)44(19)43(18)42(17)41(16)40(15)39(14)38(13)37(12)36(11)35(10)34(9)33(8)32(7)31(6)30(5)29(4)28(3)27(26)2/h26-48H,22-25H2,1-21H3. The van der Waals surface area contributed by atoms with E-state index in [0.29, 0.717) is 0 Å². The van der Waals surface area contributed by atoms with Crippen LogP contribution in [0.3, 0.4) is 0 Å². The van der Waals surface area contributed by atoms with Gasteiger partial charge in [0, 0.05) is 0 Å². The van der Waals surface area contributed by atoms with Crippen molar-refractivity contribution in [3.8, 4) is 0 Å². The summed E-state index contributed by atoms with van der Waals surface area (Å²) in [6.07, 6.45) is 5.86. The van der Waals surface area contributed by atoms with E-state index in [9.17, 15) is 0 Å². The van der Waals surface area contributed by atoms with Crippen LogP contribution >= 0.6 is 0 Å². The lowest BCUT2D eigenvalue weighted by molar-refractivity contribution is 0.0242. The monoisotopic (exact) mass is 671 g/mol. The molecule has 286 valence electrons. The SMILES string of the molecule is CC1CCC2CCC2C(C)C(C)C(C)C(C)C(C)C(C)C(C)C(C)C(C)C(C)C(C)C(C)C(C)C(C)C(C)C(C)C(C)C(C)C(C)C1C. The summed E-state index contributed by atoms with van der Waals surface area (Å²) in [5, 5.41) is 0. The van der Waals surface area contributed by atoms with E-state index in [2.05, 4.69) is 145 Å². The third kappa shape index (κ3) is 9.70. The fourth-order valence-corrected chi connectivity index (χ4v) is 11.9. The van der Waals surface area contributed by atoms with Crippen LogP contribution in [0, 0.1) is 136 Å². The molecule has 2 saturated carbocycles. The van der Waals surface area contributed by atoms with E-state index in [0.717, 1.165) is 136 Å². The zero-order valence-corrected chi connectivity index (χ0v) is 37.1. The van der Waals surface area contributed by atoms with Gasteiger partial charge in [-0.2, -0.15) is 0 Å². The van der Waals surface area contributed by atoms with Crippen LogP contribution in [-0.2, 0) is 0 Å². The molecule has 0 radical (unpaired) electrons. The lowest BCUT2D eigenvalue weighted by atomic mass is 9.59. The molecule has 2 fully saturated rings. The molecular weight excluding hydrogens is 577 g/mol. The molecule has 0 amide bonds. The summed E-state index contributed by atoms with van der Waals surface area (Å²) in [6, 6.07) is 0. The van der Waals surface area contributed by atoms with E-state index >= 15 is 0 Å². The van der Waals surface area contributed by atoms with Crippen molar-refractivity contribution in [1.29, 1.82) is 0 Å². The Balaban J connectivity index is 2.40. The van der Waals surface area contributed by atoms with Crippen molar-refractivity contribution in [3.63, 3.8) is 0 Å². The van der Waals surface area contributed by atoms with Gasteiger partial charge in [0.2, 0.25) is 0 Å². The van der Waals surface area contributed by atoms with Gasteiger partial charge >= 0.3 is 0 Å². The van der Waals surface area contributed by atoms with Gasteiger partial charge in [0.05, 0.1) is 0 Å². The molecular formula is C48H94. The van der Waals surface area contributed by atoms with Crippen LogP contribution in [0.1, 0.15) is 171 Å². The number of hydrogen-bond acceptors (Lipinski definition) is 0. The molecule has 0 aromatic carbocycles. The maximum absolute atomic E-state index is 2.64. The highest BCUT2D eigenvalue weighted by molar-refractivity contribution is 4.91. The van der Waals surface area contributed by atoms with Gasteiger partial charge in [0.1, 0.15) is 0 Å². The Morgan fingerprint density at radius 3 is 0.583 bits per heavy atom. The van der Waals surface area contributed by atoms with E-state index in [1.165, 1.54) is 25.7 Å². The smallest absolute Gasteiger partial charge is 0.0357 e. The third-order valence-electron chi connectivity index (χ3n) is 19.8. The van der Waals surface area contributed by atoms with E-state index in [4.69, 9.17) is 0 Å². The minimum Gasteiger partial charge on any atom is -0.0622 e. The highest BCUT2D eigenvalue weighted by Gasteiger charge is 2.42. The van der Waals surface area contributed by atoms with Crippen LogP contribution in [0.2, 0.25) is 0 Å². The number of hydrogen-bond donors (Lipinski definition) is 0. The zero-order valence-electron chi connectivity index (χ0n) is 37.1. The van der Waals surface area contributed by atoms with Gasteiger partial charge in [-0.15, -0.1) is 0 Å². The van der Waals surface area contributed by atoms with Crippen molar-refractivity contribution in [2.75, 3.05) is 0 Å². The van der Waals surface area contributed by atoms with Gasteiger partial charge in [-0.1, -0.05) is 152 Å². The summed E-state index contributed by atoms with van der Waals surface area (Å²) in [5.41, 5.74) is 0. The van der Waals surface area contributed by atoms with E-state index in [1.54, 1.807) is 0 Å². The molecule has 0 spiro atoms. The normalized spacial score (nSPS) is 55.1. The molecule has 48 heavy (non-hydrogen) atoms. The van der Waals surface area contributed by atoms with Gasteiger partial charge in [0.25, 0.3) is 0 Å². The highest BCUT2D eigenvalue weighted by Crippen LogP contribution is 2.50. The molecule has 0 N–H and O–H groups in total. The average Bonchev–Trinajstić information content (AvgIpc) is 3.07. The predicted molar refractivity (Wildman–Crippen MR) is 218 cm³/mol. The Morgan fingerprint density at radius 2 is 0.375 bits per heavy atom. The minimum absolute atomic E-state index is 0.743. The van der Waals surface area contributed by atoms with Crippen molar-refractivity contribution in [2.45, 2.75) is 171 Å². The van der Waals surface area contributed by atoms with Crippen LogP contribution in [0.25, 0.3) is 0 Å². The first kappa shape index (κ1) is 44.2. The number of fused-ring (bicyclic) bond motifs is 1. The molecule has 2 aliphatic carbocycles. The first-order chi connectivity index (χ1) is 22.1. The van der Waals surface area contributed by atoms with Crippen LogP contribution in [0.15, 0.2) is 0 Å². The van der Waals surface area contributed by atoms with Gasteiger partial charge in [-0.3, -0.25) is 0 Å². The summed E-state index contributed by atoms with van der Waals surface area (Å²) in [5.74, 6) is 18.0. The second-order valence-corrected chi connectivity index (χ2v) is 20.7. The lowest BCUT2D eigenvalue weighted by Gasteiger charge is -2.47. The fraction of sp³-hybridized carbons (Fsp3) is 1.00. The second kappa shape index (κ2) is 18.7. The topological polar surface area (TPSA) is 0 Å². The van der Waals surface area contributed by atoms with Gasteiger partial charge in [0.15, 0.2) is 0 Å². The van der Waals surface area contributed by atoms with Gasteiger partial charge in [-0.05, 0) is 155 Å². The maximum atomic E-state index is 2.64. The Kier molecular flexibility index (Phi) is 17.2. The Labute approximate surface area is 306 Å². The Bertz CT molecular complexity index is 842. The summed E-state index contributed by atoms with van der Waals surface area (Å²) in [4.78, 5) is 0. The fourth-order valence-electron chi connectivity index (χ4n) is 11.9. The molecule has 0 heterocycles. The first-order valence-corrected chi connectivity index (χ1v) is 22.1. The third-order valence-corrected chi connectivity index (χ3v) is 19.8. The summed E-state index contributed by atoms with van der Waals surface area (Å²) < 4.78 is 0. The summed E-state index contributed by atoms with van der Waals surface area (Å²) in [6.45, 7) is 54.8. The molecule has 0 aliphatic heterocycles. The van der Waals surface area contributed by atoms with E-state index in [-0.39, 0.29) is 0 Å². The first-order valence-electron chi connectivity index (χ1n) is 22.1. The summed E-state index contributed by atoms with van der Waals surface area (Å²) >= 11 is 0. The largest absolute Gasteiger partial charge is 0.0622 e. The van der Waals surface area contributed by atoms with Crippen molar-refractivity contribution in [2.24, 2.45) is 136 Å². The Hall–Kier alpha value is 0. The van der Waals surface area contributed by atoms with Crippen molar-refractivity contribution in [1.82, 2.24) is 0 Å². The van der Waals surface area contributed by atoms with Gasteiger partial charge < -0.3 is 0 Å². The van der Waals surface area contributed by atoms with Crippen LogP contribution < -0.4 is 0 Å². The molecule has 23 atom stereocenters. The molecule has 0 aromatic heterocycles. The molecule has 0 aromatic rings. The van der Waals surface area contributed by atoms with Crippen molar-refractivity contribution < 1.29 is 0 Å². The average molecular weight is 671 g/mol. The molecule has 0 saturated heterocycles. The Morgan fingerprint density at radius 1 is 0.188 bits per heavy atom. The lowest BCUT2D eigenvalue weighted by Crippen LogP contribution is -2.39. The van der Waals surface area contributed by atoms with Crippen molar-refractivity contribution in [3.05, 3.63) is 0 Å². The van der Waals surface area contributed by atoms with Gasteiger partial charge in [-0.25, -0.2) is 0 Å². The molecule has 0 bridgehead atoms.